The first-order valence-electron chi connectivity index (χ1n) is 21.6. The second-order valence-corrected chi connectivity index (χ2v) is 19.1. The molecule has 12 rings (SSSR count). The van der Waals surface area contributed by atoms with Crippen LogP contribution in [0.3, 0.4) is 0 Å². The SMILES string of the molecule is CN=C/C=C\C=C(/C)c1cccc2c1Oc1c(cccc1C1(C)C=CC=CN1C)N2c1cccc(-c2cc3sc(C4=CCC5Oc6cc7oc8ccccc8c7cc6C5=C4)cc3s2)c1. The largest absolute Gasteiger partial charge is 0.485 e. The molecule has 8 heteroatoms. The van der Waals surface area contributed by atoms with Gasteiger partial charge in [0, 0.05) is 90.7 Å². The number of allylic oxidation sites excluding steroid dienone is 8. The molecule has 3 aliphatic heterocycles. The molecule has 0 fully saturated rings. The molecule has 3 aromatic heterocycles. The summed E-state index contributed by atoms with van der Waals surface area (Å²) in [5, 5.41) is 2.27. The van der Waals surface area contributed by atoms with Gasteiger partial charge in [0.05, 0.1) is 16.9 Å². The maximum absolute atomic E-state index is 7.15. The molecule has 312 valence electrons. The number of furan rings is 1. The first-order valence-corrected chi connectivity index (χ1v) is 23.3. The molecule has 0 amide bonds. The zero-order valence-corrected chi connectivity index (χ0v) is 37.5. The van der Waals surface area contributed by atoms with Gasteiger partial charge in [0.15, 0.2) is 11.5 Å². The summed E-state index contributed by atoms with van der Waals surface area (Å²) in [7, 11) is 3.90. The number of hydrogen-bond donors (Lipinski definition) is 0. The maximum atomic E-state index is 7.15. The van der Waals surface area contributed by atoms with Crippen LogP contribution in [0.1, 0.15) is 41.8 Å². The van der Waals surface area contributed by atoms with Gasteiger partial charge in [-0.2, -0.15) is 0 Å². The van der Waals surface area contributed by atoms with Gasteiger partial charge in [-0.05, 0) is 104 Å². The van der Waals surface area contributed by atoms with E-state index in [4.69, 9.17) is 13.9 Å². The second kappa shape index (κ2) is 15.0. The molecule has 0 bridgehead atoms. The molecule has 0 spiro atoms. The minimum absolute atomic E-state index is 0.0225. The van der Waals surface area contributed by atoms with Crippen LogP contribution in [0.2, 0.25) is 0 Å². The fraction of sp³-hybridized carbons (Fsp3) is 0.125. The number of para-hydroxylation sites is 3. The number of nitrogens with zero attached hydrogens (tertiary/aromatic N) is 3. The molecule has 5 aromatic carbocycles. The van der Waals surface area contributed by atoms with Gasteiger partial charge >= 0.3 is 0 Å². The van der Waals surface area contributed by atoms with E-state index < -0.39 is 5.54 Å². The summed E-state index contributed by atoms with van der Waals surface area (Å²) in [5.41, 5.74) is 12.5. The van der Waals surface area contributed by atoms with Gasteiger partial charge in [0.25, 0.3) is 0 Å². The number of benzene rings is 5. The second-order valence-electron chi connectivity index (χ2n) is 16.9. The van der Waals surface area contributed by atoms with E-state index in [1.54, 1.807) is 13.3 Å². The molecule has 0 radical (unpaired) electrons. The van der Waals surface area contributed by atoms with Gasteiger partial charge in [-0.25, -0.2) is 0 Å². The smallest absolute Gasteiger partial charge is 0.159 e. The third-order valence-electron chi connectivity index (χ3n) is 13.1. The van der Waals surface area contributed by atoms with Gasteiger partial charge in [0.1, 0.15) is 23.0 Å². The highest BCUT2D eigenvalue weighted by Crippen LogP contribution is 2.56. The Morgan fingerprint density at radius 1 is 0.812 bits per heavy atom. The lowest BCUT2D eigenvalue weighted by molar-refractivity contribution is 0.255. The van der Waals surface area contributed by atoms with Crippen molar-refractivity contribution in [3.05, 3.63) is 186 Å². The summed E-state index contributed by atoms with van der Waals surface area (Å²) in [6.45, 7) is 4.38. The summed E-state index contributed by atoms with van der Waals surface area (Å²) in [6, 6.07) is 39.2. The fourth-order valence-corrected chi connectivity index (χ4v) is 12.0. The van der Waals surface area contributed by atoms with Crippen molar-refractivity contribution in [3.8, 4) is 27.7 Å². The normalized spacial score (nSPS) is 19.0. The zero-order valence-electron chi connectivity index (χ0n) is 35.8. The van der Waals surface area contributed by atoms with E-state index in [-0.39, 0.29) is 6.10 Å². The Hall–Kier alpha value is -7.13. The molecule has 0 saturated heterocycles. The van der Waals surface area contributed by atoms with Crippen molar-refractivity contribution in [2.24, 2.45) is 4.99 Å². The number of hydrogen-bond acceptors (Lipinski definition) is 8. The van der Waals surface area contributed by atoms with Crippen LogP contribution >= 0.6 is 22.7 Å². The van der Waals surface area contributed by atoms with E-state index in [0.29, 0.717) is 0 Å². The van der Waals surface area contributed by atoms with Crippen LogP contribution in [-0.4, -0.2) is 31.3 Å². The molecule has 8 aromatic rings. The maximum Gasteiger partial charge on any atom is 0.159 e. The number of anilines is 3. The van der Waals surface area contributed by atoms with Gasteiger partial charge < -0.3 is 23.7 Å². The highest BCUT2D eigenvalue weighted by Gasteiger charge is 2.38. The quantitative estimate of drug-likeness (QED) is 0.118. The highest BCUT2D eigenvalue weighted by molar-refractivity contribution is 7.30. The van der Waals surface area contributed by atoms with Crippen LogP contribution in [0.4, 0.5) is 17.1 Å². The lowest BCUT2D eigenvalue weighted by Gasteiger charge is -2.42. The molecule has 64 heavy (non-hydrogen) atoms. The third-order valence-corrected chi connectivity index (χ3v) is 15.5. The number of aliphatic imine (C=N–C) groups is 1. The minimum Gasteiger partial charge on any atom is -0.485 e. The van der Waals surface area contributed by atoms with Crippen LogP contribution in [0.25, 0.3) is 58.5 Å². The standard InChI is InChI=1S/C56H43N3O3S2/c1-34(14-7-9-26-57-3)38-18-12-20-44-54(38)62-55-43(56(2)25-8-10-27-58(56)4)19-13-21-45(55)59(44)37-16-11-15-35(28-37)50-32-52-53(63-50)33-51(64-52)36-23-24-47-40(29-36)42-30-41-39-17-5-6-22-46(39)60-48(41)31-49(42)61-47/h5-23,25-33,47H,24H2,1-4H3/b9-7-,34-14+,57-26?. The molecular formula is C56H43N3O3S2. The van der Waals surface area contributed by atoms with Gasteiger partial charge in [-0.15, -0.1) is 22.7 Å². The zero-order chi connectivity index (χ0) is 43.1. The van der Waals surface area contributed by atoms with Gasteiger partial charge in [0.2, 0.25) is 0 Å². The number of fused-ring (bicyclic) bond motifs is 9. The molecule has 6 heterocycles. The summed E-state index contributed by atoms with van der Waals surface area (Å²) in [6.07, 6.45) is 22.0. The van der Waals surface area contributed by atoms with Crippen molar-refractivity contribution >= 4 is 94.0 Å². The minimum atomic E-state index is -0.418. The predicted octanol–water partition coefficient (Wildman–Crippen LogP) is 15.6. The van der Waals surface area contributed by atoms with Crippen molar-refractivity contribution in [3.63, 3.8) is 0 Å². The topological polar surface area (TPSA) is 50.4 Å². The Morgan fingerprint density at radius 2 is 1.62 bits per heavy atom. The van der Waals surface area contributed by atoms with E-state index in [1.165, 1.54) is 41.4 Å². The van der Waals surface area contributed by atoms with Gasteiger partial charge in [-0.3, -0.25) is 4.99 Å². The summed E-state index contributed by atoms with van der Waals surface area (Å²) in [4.78, 5) is 11.2. The number of ether oxygens (including phenoxy) is 2. The van der Waals surface area contributed by atoms with Crippen LogP contribution in [0.15, 0.2) is 173 Å². The Morgan fingerprint density at radius 3 is 2.50 bits per heavy atom. The molecule has 2 atom stereocenters. The molecular weight excluding hydrogens is 827 g/mol. The average Bonchev–Trinajstić information content (AvgIpc) is 4.10. The molecule has 1 aliphatic carbocycles. The van der Waals surface area contributed by atoms with Crippen molar-refractivity contribution in [1.82, 2.24) is 4.90 Å². The van der Waals surface area contributed by atoms with Crippen LogP contribution in [0, 0.1) is 0 Å². The Kier molecular flexibility index (Phi) is 9.04. The lowest BCUT2D eigenvalue weighted by Crippen LogP contribution is -2.37. The third kappa shape index (κ3) is 6.15. The first-order chi connectivity index (χ1) is 31.3. The Labute approximate surface area is 380 Å². The van der Waals surface area contributed by atoms with Crippen molar-refractivity contribution in [2.45, 2.75) is 31.9 Å². The van der Waals surface area contributed by atoms with Crippen LogP contribution in [0.5, 0.6) is 17.2 Å². The van der Waals surface area contributed by atoms with Crippen molar-refractivity contribution in [1.29, 1.82) is 0 Å². The van der Waals surface area contributed by atoms with E-state index in [9.17, 15) is 0 Å². The molecule has 4 aliphatic rings. The average molecular weight is 870 g/mol. The van der Waals surface area contributed by atoms with E-state index >= 15 is 0 Å². The monoisotopic (exact) mass is 869 g/mol. The summed E-state index contributed by atoms with van der Waals surface area (Å²) >= 11 is 3.72. The van der Waals surface area contributed by atoms with E-state index in [0.717, 1.165) is 79.4 Å². The molecule has 0 N–H and O–H groups in total. The lowest BCUT2D eigenvalue weighted by atomic mass is 9.86. The predicted molar refractivity (Wildman–Crippen MR) is 269 cm³/mol. The van der Waals surface area contributed by atoms with E-state index in [1.807, 2.05) is 47.0 Å². The Balaban J connectivity index is 0.905. The van der Waals surface area contributed by atoms with Crippen molar-refractivity contribution < 1.29 is 13.9 Å². The molecule has 6 nitrogen and oxygen atoms in total. The number of thiophene rings is 2. The Bertz CT molecular complexity index is 3430. The first kappa shape index (κ1) is 38.5. The highest BCUT2D eigenvalue weighted by atomic mass is 32.1. The van der Waals surface area contributed by atoms with Gasteiger partial charge in [-0.1, -0.05) is 85.0 Å². The van der Waals surface area contributed by atoms with Crippen LogP contribution in [-0.2, 0) is 5.54 Å². The number of likely N-dealkylation sites (N-methyl/N-ethyl adjacent to an activating group) is 1. The fourth-order valence-electron chi connectivity index (χ4n) is 9.60. The van der Waals surface area contributed by atoms with E-state index in [2.05, 4.69) is 175 Å². The van der Waals surface area contributed by atoms with Crippen molar-refractivity contribution in [2.75, 3.05) is 19.0 Å². The molecule has 0 saturated carbocycles. The molecule has 2 unspecified atom stereocenters. The van der Waals surface area contributed by atoms with Crippen LogP contribution < -0.4 is 14.4 Å². The summed E-state index contributed by atoms with van der Waals surface area (Å²) < 4.78 is 22.4. The summed E-state index contributed by atoms with van der Waals surface area (Å²) in [5.74, 6) is 2.58. The number of rotatable bonds is 7.